The van der Waals surface area contributed by atoms with E-state index in [0.717, 1.165) is 12.4 Å². The first-order chi connectivity index (χ1) is 8.25. The second-order valence-corrected chi connectivity index (χ2v) is 6.27. The van der Waals surface area contributed by atoms with E-state index >= 15 is 0 Å². The second-order valence-electron chi connectivity index (χ2n) is 4.51. The molecule has 0 aromatic heterocycles. The van der Waals surface area contributed by atoms with Gasteiger partial charge in [-0.05, 0) is 43.0 Å². The van der Waals surface area contributed by atoms with Gasteiger partial charge < -0.3 is 9.29 Å². The van der Waals surface area contributed by atoms with E-state index < -0.39 is 10.4 Å². The van der Waals surface area contributed by atoms with Crippen molar-refractivity contribution in [2.75, 3.05) is 6.61 Å². The smallest absolute Gasteiger partial charge is 0.181 e. The highest BCUT2D eigenvalue weighted by Gasteiger charge is 2.14. The Kier molecular flexibility index (Phi) is 5.01. The molecule has 0 heterocycles. The van der Waals surface area contributed by atoms with Crippen LogP contribution in [0.2, 0.25) is 0 Å². The third-order valence-electron chi connectivity index (χ3n) is 3.22. The standard InChI is InChI=1S/C13H17ClO2S/c14-17(15)13-8-6-12(7-9-13)16-10-11-4-2-1-3-5-11/h6-9,11H,1-5,10H2. The molecular weight excluding hydrogens is 256 g/mol. The van der Waals surface area contributed by atoms with E-state index in [1.54, 1.807) is 12.1 Å². The van der Waals surface area contributed by atoms with Gasteiger partial charge >= 0.3 is 0 Å². The fourth-order valence-electron chi connectivity index (χ4n) is 2.21. The molecule has 4 heteroatoms. The zero-order valence-electron chi connectivity index (χ0n) is 9.73. The van der Waals surface area contributed by atoms with Gasteiger partial charge in [-0.1, -0.05) is 19.3 Å². The lowest BCUT2D eigenvalue weighted by molar-refractivity contribution is 0.209. The summed E-state index contributed by atoms with van der Waals surface area (Å²) in [5.41, 5.74) is 0. The molecule has 1 fully saturated rings. The Labute approximate surface area is 110 Å². The fourth-order valence-corrected chi connectivity index (χ4v) is 2.87. The van der Waals surface area contributed by atoms with Crippen LogP contribution < -0.4 is 4.74 Å². The topological polar surface area (TPSA) is 32.3 Å². The van der Waals surface area contributed by atoms with Gasteiger partial charge in [0.2, 0.25) is 0 Å². The monoisotopic (exact) mass is 272 g/mol. The molecule has 17 heavy (non-hydrogen) atoms. The van der Waals surface area contributed by atoms with Crippen molar-refractivity contribution in [2.45, 2.75) is 37.0 Å². The second kappa shape index (κ2) is 6.53. The van der Waals surface area contributed by atoms with Crippen LogP contribution >= 0.6 is 10.7 Å². The SMILES string of the molecule is [O-][S+](Cl)c1ccc(OCC2CCCCC2)cc1. The number of hydrogen-bond donors (Lipinski definition) is 0. The summed E-state index contributed by atoms with van der Waals surface area (Å²) in [5.74, 6) is 1.53. The minimum absolute atomic E-state index is 0.622. The van der Waals surface area contributed by atoms with Gasteiger partial charge in [0.15, 0.2) is 15.6 Å². The molecule has 1 aromatic carbocycles. The zero-order chi connectivity index (χ0) is 12.1. The maximum Gasteiger partial charge on any atom is 0.181 e. The Bertz CT molecular complexity index is 334. The molecule has 1 saturated carbocycles. The number of halogens is 1. The molecule has 0 amide bonds. The van der Waals surface area contributed by atoms with Gasteiger partial charge in [-0.3, -0.25) is 0 Å². The molecule has 0 radical (unpaired) electrons. The minimum atomic E-state index is -1.43. The first-order valence-electron chi connectivity index (χ1n) is 6.06. The van der Waals surface area contributed by atoms with Crippen LogP contribution in [0, 0.1) is 5.92 Å². The number of ether oxygens (including phenoxy) is 1. The van der Waals surface area contributed by atoms with E-state index in [1.807, 2.05) is 12.1 Å². The van der Waals surface area contributed by atoms with E-state index in [4.69, 9.17) is 15.4 Å². The highest BCUT2D eigenvalue weighted by atomic mass is 35.7. The van der Waals surface area contributed by atoms with E-state index in [1.165, 1.54) is 32.1 Å². The zero-order valence-corrected chi connectivity index (χ0v) is 11.3. The van der Waals surface area contributed by atoms with Crippen molar-refractivity contribution in [3.8, 4) is 5.75 Å². The molecule has 1 aliphatic rings. The van der Waals surface area contributed by atoms with Crippen LogP contribution in [0.15, 0.2) is 29.2 Å². The van der Waals surface area contributed by atoms with E-state index in [2.05, 4.69) is 0 Å². The summed E-state index contributed by atoms with van der Waals surface area (Å²) in [6, 6.07) is 7.16. The van der Waals surface area contributed by atoms with Gasteiger partial charge in [-0.2, -0.15) is 0 Å². The van der Waals surface area contributed by atoms with E-state index in [-0.39, 0.29) is 0 Å². The maximum atomic E-state index is 11.0. The van der Waals surface area contributed by atoms with Crippen LogP contribution in [-0.4, -0.2) is 11.2 Å². The van der Waals surface area contributed by atoms with Gasteiger partial charge in [0, 0.05) is 0 Å². The Hall–Kier alpha value is -0.380. The number of benzene rings is 1. The summed E-state index contributed by atoms with van der Waals surface area (Å²) in [6.45, 7) is 0.795. The molecule has 1 aromatic rings. The van der Waals surface area contributed by atoms with Crippen LogP contribution in [-0.2, 0) is 10.4 Å². The summed E-state index contributed by atoms with van der Waals surface area (Å²) in [4.78, 5) is 0.622. The van der Waals surface area contributed by atoms with Crippen molar-refractivity contribution in [1.82, 2.24) is 0 Å². The normalized spacial score (nSPS) is 18.9. The van der Waals surface area contributed by atoms with Crippen molar-refractivity contribution in [1.29, 1.82) is 0 Å². The predicted octanol–water partition coefficient (Wildman–Crippen LogP) is 3.91. The van der Waals surface area contributed by atoms with Crippen LogP contribution in [0.1, 0.15) is 32.1 Å². The van der Waals surface area contributed by atoms with Crippen LogP contribution in [0.3, 0.4) is 0 Å². The molecule has 2 rings (SSSR count). The van der Waals surface area contributed by atoms with Gasteiger partial charge in [0.25, 0.3) is 0 Å². The van der Waals surface area contributed by atoms with Gasteiger partial charge in [0.05, 0.1) is 6.61 Å². The predicted molar refractivity (Wildman–Crippen MR) is 70.8 cm³/mol. The Balaban J connectivity index is 1.82. The summed E-state index contributed by atoms with van der Waals surface area (Å²) in [7, 11) is 4.06. The van der Waals surface area contributed by atoms with Crippen molar-refractivity contribution in [2.24, 2.45) is 5.92 Å². The summed E-state index contributed by atoms with van der Waals surface area (Å²) in [6.07, 6.45) is 6.59. The third-order valence-corrected chi connectivity index (χ3v) is 4.40. The molecule has 0 aliphatic heterocycles. The minimum Gasteiger partial charge on any atom is -0.594 e. The largest absolute Gasteiger partial charge is 0.594 e. The first kappa shape index (κ1) is 13.1. The molecule has 1 atom stereocenters. The molecule has 2 nitrogen and oxygen atoms in total. The molecule has 0 spiro atoms. The van der Waals surface area contributed by atoms with Crippen molar-refractivity contribution < 1.29 is 9.29 Å². The molecule has 0 N–H and O–H groups in total. The van der Waals surface area contributed by atoms with Crippen molar-refractivity contribution in [3.63, 3.8) is 0 Å². The van der Waals surface area contributed by atoms with Gasteiger partial charge in [-0.15, -0.1) is 0 Å². The van der Waals surface area contributed by atoms with Crippen molar-refractivity contribution >= 4 is 21.1 Å². The summed E-state index contributed by atoms with van der Waals surface area (Å²) >= 11 is 0. The molecule has 0 saturated heterocycles. The van der Waals surface area contributed by atoms with E-state index in [9.17, 15) is 4.55 Å². The highest BCUT2D eigenvalue weighted by Crippen LogP contribution is 2.25. The van der Waals surface area contributed by atoms with Crippen LogP contribution in [0.4, 0.5) is 0 Å². The Morgan fingerprint density at radius 2 is 1.82 bits per heavy atom. The van der Waals surface area contributed by atoms with Gasteiger partial charge in [0.1, 0.15) is 16.1 Å². The molecule has 1 unspecified atom stereocenters. The quantitative estimate of drug-likeness (QED) is 0.779. The summed E-state index contributed by atoms with van der Waals surface area (Å²) < 4.78 is 16.7. The van der Waals surface area contributed by atoms with Crippen LogP contribution in [0.25, 0.3) is 0 Å². The average molecular weight is 273 g/mol. The molecule has 94 valence electrons. The molecular formula is C13H17ClO2S. The lowest BCUT2D eigenvalue weighted by Gasteiger charge is -2.21. The van der Waals surface area contributed by atoms with Crippen LogP contribution in [0.5, 0.6) is 5.75 Å². The van der Waals surface area contributed by atoms with Crippen molar-refractivity contribution in [3.05, 3.63) is 24.3 Å². The van der Waals surface area contributed by atoms with Gasteiger partial charge in [-0.25, -0.2) is 0 Å². The number of hydrogen-bond acceptors (Lipinski definition) is 2. The number of rotatable bonds is 4. The third kappa shape index (κ3) is 4.09. The summed E-state index contributed by atoms with van der Waals surface area (Å²) in [5, 5.41) is 0. The first-order valence-corrected chi connectivity index (χ1v) is 8.04. The highest BCUT2D eigenvalue weighted by molar-refractivity contribution is 8.13. The molecule has 0 bridgehead atoms. The average Bonchev–Trinajstić information content (AvgIpc) is 2.38. The Morgan fingerprint density at radius 1 is 1.18 bits per heavy atom. The maximum absolute atomic E-state index is 11.0. The Morgan fingerprint density at radius 3 is 2.41 bits per heavy atom. The molecule has 1 aliphatic carbocycles. The fraction of sp³-hybridized carbons (Fsp3) is 0.538. The lowest BCUT2D eigenvalue weighted by Crippen LogP contribution is -2.15. The van der Waals surface area contributed by atoms with E-state index in [0.29, 0.717) is 10.8 Å². The lowest BCUT2D eigenvalue weighted by atomic mass is 9.90.